The lowest BCUT2D eigenvalue weighted by Crippen LogP contribution is -2.26. The maximum absolute atomic E-state index is 5.99. The summed E-state index contributed by atoms with van der Waals surface area (Å²) in [5, 5.41) is 3.71. The van der Waals surface area contributed by atoms with Crippen molar-refractivity contribution in [1.82, 2.24) is 15.2 Å². The van der Waals surface area contributed by atoms with E-state index in [9.17, 15) is 0 Å². The van der Waals surface area contributed by atoms with E-state index in [1.165, 1.54) is 16.7 Å². The molecule has 0 amide bonds. The molecule has 2 heterocycles. The molecule has 0 saturated heterocycles. The van der Waals surface area contributed by atoms with E-state index < -0.39 is 0 Å². The molecule has 1 aromatic carbocycles. The summed E-state index contributed by atoms with van der Waals surface area (Å²) in [6.45, 7) is 4.70. The van der Waals surface area contributed by atoms with Crippen LogP contribution in [0.15, 0.2) is 36.5 Å². The fraction of sp³-hybridized carbons (Fsp3) is 0.421. The first kappa shape index (κ1) is 16.0. The van der Waals surface area contributed by atoms with E-state index in [4.69, 9.17) is 4.74 Å². The number of aryl methyl sites for hydroxylation is 1. The molecule has 0 fully saturated rings. The molecule has 1 aliphatic heterocycles. The molecular formula is C19H25N3O. The Morgan fingerprint density at radius 1 is 1.26 bits per heavy atom. The maximum atomic E-state index is 5.99. The summed E-state index contributed by atoms with van der Waals surface area (Å²) < 4.78 is 5.99. The van der Waals surface area contributed by atoms with Crippen LogP contribution in [-0.2, 0) is 6.61 Å². The second kappa shape index (κ2) is 7.11. The van der Waals surface area contributed by atoms with Crippen molar-refractivity contribution in [1.29, 1.82) is 0 Å². The van der Waals surface area contributed by atoms with Gasteiger partial charge in [-0.25, -0.2) is 0 Å². The summed E-state index contributed by atoms with van der Waals surface area (Å²) in [7, 11) is 4.22. The van der Waals surface area contributed by atoms with Gasteiger partial charge in [-0.05, 0) is 58.2 Å². The molecule has 0 radical (unpaired) electrons. The molecule has 1 aliphatic rings. The van der Waals surface area contributed by atoms with E-state index >= 15 is 0 Å². The molecule has 3 rings (SSSR count). The van der Waals surface area contributed by atoms with Crippen LogP contribution in [0.1, 0.15) is 34.8 Å². The second-order valence-corrected chi connectivity index (χ2v) is 6.41. The van der Waals surface area contributed by atoms with Crippen LogP contribution in [0.2, 0.25) is 0 Å². The lowest BCUT2D eigenvalue weighted by atomic mass is 9.96. The molecular weight excluding hydrogens is 286 g/mol. The van der Waals surface area contributed by atoms with E-state index in [-0.39, 0.29) is 6.04 Å². The zero-order valence-corrected chi connectivity index (χ0v) is 14.2. The molecule has 0 bridgehead atoms. The fourth-order valence-corrected chi connectivity index (χ4v) is 3.03. The summed E-state index contributed by atoms with van der Waals surface area (Å²) in [5.41, 5.74) is 4.70. The van der Waals surface area contributed by atoms with Gasteiger partial charge in [0.25, 0.3) is 0 Å². The van der Waals surface area contributed by atoms with Crippen LogP contribution in [0.4, 0.5) is 0 Å². The summed E-state index contributed by atoms with van der Waals surface area (Å²) in [4.78, 5) is 6.73. The molecule has 4 heteroatoms. The lowest BCUT2D eigenvalue weighted by Gasteiger charge is -2.21. The first-order valence-corrected chi connectivity index (χ1v) is 8.20. The van der Waals surface area contributed by atoms with Gasteiger partial charge in [0.1, 0.15) is 12.4 Å². The Kier molecular flexibility index (Phi) is 4.94. The van der Waals surface area contributed by atoms with E-state index in [1.807, 2.05) is 12.3 Å². The van der Waals surface area contributed by atoms with Gasteiger partial charge < -0.3 is 15.0 Å². The molecule has 4 nitrogen and oxygen atoms in total. The van der Waals surface area contributed by atoms with Gasteiger partial charge in [-0.2, -0.15) is 0 Å². The van der Waals surface area contributed by atoms with Gasteiger partial charge in [0.05, 0.1) is 11.7 Å². The predicted octanol–water partition coefficient (Wildman–Crippen LogP) is 2.91. The number of ether oxygens (including phenoxy) is 1. The van der Waals surface area contributed by atoms with Crippen LogP contribution in [0.5, 0.6) is 5.75 Å². The number of nitrogens with one attached hydrogen (secondary N) is 1. The SMILES string of the molecule is Cc1ccc2c(c1)C(NCCCN(C)C)c1cccnc1CO2. The third-order valence-corrected chi connectivity index (χ3v) is 4.21. The largest absolute Gasteiger partial charge is 0.487 e. The number of pyridine rings is 1. The minimum absolute atomic E-state index is 0.137. The van der Waals surface area contributed by atoms with Crippen molar-refractivity contribution in [2.75, 3.05) is 27.2 Å². The van der Waals surface area contributed by atoms with Crippen molar-refractivity contribution in [3.8, 4) is 5.75 Å². The summed E-state index contributed by atoms with van der Waals surface area (Å²) in [6, 6.07) is 10.7. The van der Waals surface area contributed by atoms with Gasteiger partial charge in [0, 0.05) is 11.8 Å². The number of nitrogens with zero attached hydrogens (tertiary/aromatic N) is 2. The summed E-state index contributed by atoms with van der Waals surface area (Å²) in [5.74, 6) is 0.957. The van der Waals surface area contributed by atoms with Gasteiger partial charge in [-0.15, -0.1) is 0 Å². The molecule has 0 saturated carbocycles. The normalized spacial score (nSPS) is 16.4. The van der Waals surface area contributed by atoms with Crippen LogP contribution < -0.4 is 10.1 Å². The third-order valence-electron chi connectivity index (χ3n) is 4.21. The molecule has 1 aromatic heterocycles. The Balaban J connectivity index is 1.90. The monoisotopic (exact) mass is 311 g/mol. The maximum Gasteiger partial charge on any atom is 0.131 e. The highest BCUT2D eigenvalue weighted by molar-refractivity contribution is 5.46. The van der Waals surface area contributed by atoms with Crippen LogP contribution >= 0.6 is 0 Å². The van der Waals surface area contributed by atoms with Gasteiger partial charge in [-0.3, -0.25) is 4.98 Å². The van der Waals surface area contributed by atoms with Gasteiger partial charge >= 0.3 is 0 Å². The first-order chi connectivity index (χ1) is 11.1. The quantitative estimate of drug-likeness (QED) is 0.862. The molecule has 1 atom stereocenters. The number of hydrogen-bond acceptors (Lipinski definition) is 4. The summed E-state index contributed by atoms with van der Waals surface area (Å²) >= 11 is 0. The molecule has 1 N–H and O–H groups in total. The lowest BCUT2D eigenvalue weighted by molar-refractivity contribution is 0.302. The van der Waals surface area contributed by atoms with Crippen LogP contribution in [-0.4, -0.2) is 37.1 Å². The minimum Gasteiger partial charge on any atom is -0.487 e. The summed E-state index contributed by atoms with van der Waals surface area (Å²) in [6.07, 6.45) is 2.95. The Hall–Kier alpha value is -1.91. The molecule has 0 spiro atoms. The highest BCUT2D eigenvalue weighted by Crippen LogP contribution is 2.35. The third kappa shape index (κ3) is 3.71. The standard InChI is InChI=1S/C19H25N3O/c1-14-7-8-18-16(12-14)19(21-10-5-11-22(2)3)15-6-4-9-20-17(15)13-23-18/h4,6-9,12,19,21H,5,10-11,13H2,1-3H3. The number of aromatic nitrogens is 1. The number of fused-ring (bicyclic) bond motifs is 2. The van der Waals surface area contributed by atoms with Crippen LogP contribution in [0.3, 0.4) is 0 Å². The Morgan fingerprint density at radius 2 is 2.13 bits per heavy atom. The predicted molar refractivity (Wildman–Crippen MR) is 92.8 cm³/mol. The molecule has 2 aromatic rings. The minimum atomic E-state index is 0.137. The van der Waals surface area contributed by atoms with Gasteiger partial charge in [0.2, 0.25) is 0 Å². The van der Waals surface area contributed by atoms with E-state index in [1.54, 1.807) is 0 Å². The smallest absolute Gasteiger partial charge is 0.131 e. The Morgan fingerprint density at radius 3 is 2.96 bits per heavy atom. The highest BCUT2D eigenvalue weighted by Gasteiger charge is 2.24. The molecule has 1 unspecified atom stereocenters. The highest BCUT2D eigenvalue weighted by atomic mass is 16.5. The fourth-order valence-electron chi connectivity index (χ4n) is 3.03. The van der Waals surface area contributed by atoms with Crippen molar-refractivity contribution in [2.24, 2.45) is 0 Å². The van der Waals surface area contributed by atoms with E-state index in [2.05, 4.69) is 60.5 Å². The average molecular weight is 311 g/mol. The number of hydrogen-bond donors (Lipinski definition) is 1. The van der Waals surface area contributed by atoms with Crippen molar-refractivity contribution < 1.29 is 4.74 Å². The van der Waals surface area contributed by atoms with E-state index in [0.717, 1.165) is 31.0 Å². The van der Waals surface area contributed by atoms with Crippen LogP contribution in [0, 0.1) is 6.92 Å². The van der Waals surface area contributed by atoms with Gasteiger partial charge in [-0.1, -0.05) is 23.8 Å². The van der Waals surface area contributed by atoms with Crippen LogP contribution in [0.25, 0.3) is 0 Å². The molecule has 122 valence electrons. The number of rotatable bonds is 5. The zero-order chi connectivity index (χ0) is 16.2. The first-order valence-electron chi connectivity index (χ1n) is 8.20. The van der Waals surface area contributed by atoms with Crippen molar-refractivity contribution >= 4 is 0 Å². The van der Waals surface area contributed by atoms with Crippen molar-refractivity contribution in [3.05, 3.63) is 58.9 Å². The van der Waals surface area contributed by atoms with Crippen molar-refractivity contribution in [3.63, 3.8) is 0 Å². The second-order valence-electron chi connectivity index (χ2n) is 6.41. The average Bonchev–Trinajstić information content (AvgIpc) is 2.68. The molecule has 0 aliphatic carbocycles. The number of benzene rings is 1. The molecule has 23 heavy (non-hydrogen) atoms. The Bertz CT molecular complexity index is 669. The van der Waals surface area contributed by atoms with Gasteiger partial charge in [0.15, 0.2) is 0 Å². The van der Waals surface area contributed by atoms with E-state index in [0.29, 0.717) is 6.61 Å². The zero-order valence-electron chi connectivity index (χ0n) is 14.2. The topological polar surface area (TPSA) is 37.4 Å². The van der Waals surface area contributed by atoms with Crippen molar-refractivity contribution in [2.45, 2.75) is 26.0 Å². The Labute approximate surface area is 138 Å².